The van der Waals surface area contributed by atoms with Crippen molar-refractivity contribution in [3.63, 3.8) is 0 Å². The number of hydrogen-bond donors (Lipinski definition) is 2. The lowest BCUT2D eigenvalue weighted by atomic mass is 9.97. The summed E-state index contributed by atoms with van der Waals surface area (Å²) in [6.45, 7) is 3.97. The summed E-state index contributed by atoms with van der Waals surface area (Å²) in [7, 11) is 0. The monoisotopic (exact) mass is 447 g/mol. The molecule has 2 N–H and O–H groups in total. The molecule has 0 aliphatic heterocycles. The molecule has 0 aromatic heterocycles. The van der Waals surface area contributed by atoms with E-state index >= 15 is 0 Å². The highest BCUT2D eigenvalue weighted by Gasteiger charge is 2.25. The molecule has 0 bridgehead atoms. The van der Waals surface area contributed by atoms with Crippen LogP contribution >= 0.6 is 24.0 Å². The fourth-order valence-electron chi connectivity index (χ4n) is 2.44. The lowest BCUT2D eigenvalue weighted by Gasteiger charge is -2.15. The van der Waals surface area contributed by atoms with Crippen LogP contribution in [0.1, 0.15) is 58.3 Å². The van der Waals surface area contributed by atoms with Crippen molar-refractivity contribution >= 4 is 29.9 Å². The first-order valence-electron chi connectivity index (χ1n) is 8.28. The predicted molar refractivity (Wildman–Crippen MR) is 100 cm³/mol. The highest BCUT2D eigenvalue weighted by Crippen LogP contribution is 2.22. The van der Waals surface area contributed by atoms with Gasteiger partial charge in [0.05, 0.1) is 0 Å². The van der Waals surface area contributed by atoms with Crippen LogP contribution in [-0.4, -0.2) is 31.8 Å². The Bertz CT molecular complexity index is 368. The Hall–Kier alpha value is -0.470. The lowest BCUT2D eigenvalue weighted by Crippen LogP contribution is -2.38. The van der Waals surface area contributed by atoms with Crippen molar-refractivity contribution in [3.05, 3.63) is 11.6 Å². The molecule has 0 spiro atoms. The Morgan fingerprint density at radius 1 is 1.22 bits per heavy atom. The van der Waals surface area contributed by atoms with Crippen molar-refractivity contribution in [2.45, 2.75) is 64.5 Å². The molecule has 1 rings (SSSR count). The molecule has 0 fully saturated rings. The number of nitrogens with one attached hydrogen (secondary N) is 2. The second kappa shape index (κ2) is 12.9. The van der Waals surface area contributed by atoms with Gasteiger partial charge in [-0.2, -0.15) is 13.2 Å². The first-order chi connectivity index (χ1) is 10.5. The topological polar surface area (TPSA) is 36.4 Å². The molecule has 0 amide bonds. The highest BCUT2D eigenvalue weighted by atomic mass is 127. The van der Waals surface area contributed by atoms with Crippen LogP contribution in [0.2, 0.25) is 0 Å². The van der Waals surface area contributed by atoms with E-state index in [9.17, 15) is 13.2 Å². The number of alkyl halides is 3. The van der Waals surface area contributed by atoms with Gasteiger partial charge in [-0.1, -0.05) is 11.6 Å². The molecular weight excluding hydrogens is 418 g/mol. The zero-order valence-corrected chi connectivity index (χ0v) is 16.2. The minimum absolute atomic E-state index is 0. The van der Waals surface area contributed by atoms with Crippen LogP contribution in [0, 0.1) is 0 Å². The van der Waals surface area contributed by atoms with Crippen molar-refractivity contribution in [2.24, 2.45) is 4.99 Å². The van der Waals surface area contributed by atoms with E-state index in [1.165, 1.54) is 31.3 Å². The summed E-state index contributed by atoms with van der Waals surface area (Å²) in [5, 5.41) is 6.38. The summed E-state index contributed by atoms with van der Waals surface area (Å²) in [6.07, 6.45) is 4.10. The molecule has 0 aromatic rings. The quantitative estimate of drug-likeness (QED) is 0.185. The summed E-state index contributed by atoms with van der Waals surface area (Å²) in [5.41, 5.74) is 1.50. The average molecular weight is 447 g/mol. The van der Waals surface area contributed by atoms with E-state index in [4.69, 9.17) is 0 Å². The fraction of sp³-hybridized carbons (Fsp3) is 0.812. The normalized spacial score (nSPS) is 15.7. The molecule has 0 saturated carbocycles. The first kappa shape index (κ1) is 22.5. The standard InChI is InChI=1S/C16H28F3N3.HI/c1-2-20-15(21-12-7-6-11-16(17,18)19)22-13-10-14-8-4-3-5-9-14;/h8H,2-7,9-13H2,1H3,(H2,20,21,22);1H. The van der Waals surface area contributed by atoms with E-state index < -0.39 is 12.6 Å². The van der Waals surface area contributed by atoms with E-state index in [1.807, 2.05) is 6.92 Å². The van der Waals surface area contributed by atoms with Gasteiger partial charge >= 0.3 is 6.18 Å². The van der Waals surface area contributed by atoms with Gasteiger partial charge in [0, 0.05) is 26.1 Å². The SMILES string of the molecule is CCNC(=NCCCCC(F)(F)F)NCCC1=CCCCC1.I. The smallest absolute Gasteiger partial charge is 0.357 e. The summed E-state index contributed by atoms with van der Waals surface area (Å²) >= 11 is 0. The van der Waals surface area contributed by atoms with Crippen LogP contribution in [0.15, 0.2) is 16.6 Å². The maximum absolute atomic E-state index is 12.0. The van der Waals surface area contributed by atoms with Gasteiger partial charge in [-0.3, -0.25) is 4.99 Å². The van der Waals surface area contributed by atoms with E-state index in [-0.39, 0.29) is 30.4 Å². The Morgan fingerprint density at radius 3 is 2.61 bits per heavy atom. The number of halogens is 4. The van der Waals surface area contributed by atoms with Crippen LogP contribution in [0.3, 0.4) is 0 Å². The molecule has 1 aliphatic carbocycles. The molecule has 1 aliphatic rings. The van der Waals surface area contributed by atoms with Crippen molar-refractivity contribution in [1.82, 2.24) is 10.6 Å². The number of hydrogen-bond acceptors (Lipinski definition) is 1. The molecule has 0 radical (unpaired) electrons. The van der Waals surface area contributed by atoms with E-state index in [2.05, 4.69) is 21.7 Å². The van der Waals surface area contributed by atoms with Gasteiger partial charge in [0.25, 0.3) is 0 Å². The van der Waals surface area contributed by atoms with Crippen LogP contribution in [0.4, 0.5) is 13.2 Å². The van der Waals surface area contributed by atoms with Gasteiger partial charge in [-0.05, 0) is 51.9 Å². The van der Waals surface area contributed by atoms with E-state index in [0.717, 1.165) is 19.5 Å². The van der Waals surface area contributed by atoms with Crippen molar-refractivity contribution in [2.75, 3.05) is 19.6 Å². The molecule has 0 heterocycles. The number of guanidine groups is 1. The highest BCUT2D eigenvalue weighted by molar-refractivity contribution is 14.0. The molecular formula is C16H29F3IN3. The maximum atomic E-state index is 12.0. The van der Waals surface area contributed by atoms with Crippen LogP contribution in [0.25, 0.3) is 0 Å². The summed E-state index contributed by atoms with van der Waals surface area (Å²) in [6, 6.07) is 0. The summed E-state index contributed by atoms with van der Waals surface area (Å²) < 4.78 is 36.1. The molecule has 136 valence electrons. The Kier molecular flexibility index (Phi) is 12.6. The number of allylic oxidation sites excluding steroid dienone is 1. The molecule has 23 heavy (non-hydrogen) atoms. The molecule has 0 aromatic carbocycles. The van der Waals surface area contributed by atoms with E-state index in [1.54, 1.807) is 0 Å². The number of rotatable bonds is 8. The summed E-state index contributed by atoms with van der Waals surface area (Å²) in [5.74, 6) is 0.700. The molecule has 3 nitrogen and oxygen atoms in total. The van der Waals surface area contributed by atoms with Crippen LogP contribution < -0.4 is 10.6 Å². The Labute approximate surface area is 154 Å². The zero-order valence-electron chi connectivity index (χ0n) is 13.8. The molecule has 0 unspecified atom stereocenters. The van der Waals surface area contributed by atoms with E-state index in [0.29, 0.717) is 18.9 Å². The van der Waals surface area contributed by atoms with Gasteiger partial charge < -0.3 is 10.6 Å². The third kappa shape index (κ3) is 12.6. The van der Waals surface area contributed by atoms with Gasteiger partial charge in [0.1, 0.15) is 0 Å². The maximum Gasteiger partial charge on any atom is 0.389 e. The first-order valence-corrected chi connectivity index (χ1v) is 8.28. The molecule has 0 saturated heterocycles. The summed E-state index contributed by atoms with van der Waals surface area (Å²) in [4.78, 5) is 4.32. The van der Waals surface area contributed by atoms with Crippen LogP contribution in [-0.2, 0) is 0 Å². The Morgan fingerprint density at radius 2 is 2.00 bits per heavy atom. The predicted octanol–water partition coefficient (Wildman–Crippen LogP) is 4.78. The van der Waals surface area contributed by atoms with Gasteiger partial charge in [0.2, 0.25) is 0 Å². The lowest BCUT2D eigenvalue weighted by molar-refractivity contribution is -0.135. The molecule has 0 atom stereocenters. The fourth-order valence-corrected chi connectivity index (χ4v) is 2.44. The van der Waals surface area contributed by atoms with Gasteiger partial charge in [0.15, 0.2) is 5.96 Å². The number of unbranched alkanes of at least 4 members (excludes halogenated alkanes) is 1. The number of aliphatic imine (C=N–C) groups is 1. The second-order valence-electron chi connectivity index (χ2n) is 5.62. The third-order valence-corrected chi connectivity index (χ3v) is 3.61. The molecule has 7 heteroatoms. The van der Waals surface area contributed by atoms with Crippen molar-refractivity contribution < 1.29 is 13.2 Å². The van der Waals surface area contributed by atoms with Crippen molar-refractivity contribution in [1.29, 1.82) is 0 Å². The Balaban J connectivity index is 0.00000484. The van der Waals surface area contributed by atoms with Gasteiger partial charge in [-0.25, -0.2) is 0 Å². The average Bonchev–Trinajstić information content (AvgIpc) is 2.47. The van der Waals surface area contributed by atoms with Crippen LogP contribution in [0.5, 0.6) is 0 Å². The van der Waals surface area contributed by atoms with Gasteiger partial charge in [-0.15, -0.1) is 24.0 Å². The minimum Gasteiger partial charge on any atom is -0.357 e. The minimum atomic E-state index is -4.06. The zero-order chi connectivity index (χ0) is 16.3. The number of nitrogens with zero attached hydrogens (tertiary/aromatic N) is 1. The third-order valence-electron chi connectivity index (χ3n) is 3.61. The van der Waals surface area contributed by atoms with Crippen molar-refractivity contribution in [3.8, 4) is 0 Å². The largest absolute Gasteiger partial charge is 0.389 e. The second-order valence-corrected chi connectivity index (χ2v) is 5.62.